The first-order valence-electron chi connectivity index (χ1n) is 8.39. The lowest BCUT2D eigenvalue weighted by Gasteiger charge is -1.94. The second-order valence-corrected chi connectivity index (χ2v) is 7.08. The van der Waals surface area contributed by atoms with E-state index in [9.17, 15) is 0 Å². The molecule has 26 heavy (non-hydrogen) atoms. The number of para-hydroxylation sites is 2. The van der Waals surface area contributed by atoms with Crippen LogP contribution >= 0.6 is 11.3 Å². The predicted octanol–water partition coefficient (Wildman–Crippen LogP) is 5.53. The van der Waals surface area contributed by atoms with Gasteiger partial charge in [0.2, 0.25) is 5.89 Å². The number of benzene rings is 2. The van der Waals surface area contributed by atoms with Crippen molar-refractivity contribution in [2.75, 3.05) is 0 Å². The fraction of sp³-hybridized carbons (Fsp3) is 0.0476. The van der Waals surface area contributed by atoms with E-state index >= 15 is 0 Å². The van der Waals surface area contributed by atoms with Crippen LogP contribution in [0.15, 0.2) is 64.4 Å². The molecule has 5 heteroatoms. The number of oxazole rings is 1. The van der Waals surface area contributed by atoms with E-state index in [1.54, 1.807) is 11.3 Å². The summed E-state index contributed by atoms with van der Waals surface area (Å²) in [5, 5.41) is 10.6. The predicted molar refractivity (Wildman–Crippen MR) is 106 cm³/mol. The zero-order chi connectivity index (χ0) is 17.3. The minimum atomic E-state index is 0.722. The third-order valence-electron chi connectivity index (χ3n) is 4.32. The van der Waals surface area contributed by atoms with Crippen molar-refractivity contribution in [1.82, 2.24) is 15.2 Å². The Labute approximate surface area is 153 Å². The number of nitrogens with one attached hydrogen (secondary N) is 1. The van der Waals surface area contributed by atoms with Gasteiger partial charge in [-0.15, -0.1) is 11.3 Å². The molecule has 3 aromatic heterocycles. The standard InChI is InChI=1S/C21H15N3OS/c1-2-8-17-16(7-1)18(24-23-17)11-10-14-5-3-9-19-21(14)25-20(22-19)13-15-6-4-12-26-15/h1-12H,13H2,(H,23,24). The maximum atomic E-state index is 6.05. The van der Waals surface area contributed by atoms with Gasteiger partial charge in [0.1, 0.15) is 5.52 Å². The molecule has 3 heterocycles. The van der Waals surface area contributed by atoms with Gasteiger partial charge in [-0.25, -0.2) is 4.98 Å². The molecular formula is C21H15N3OS. The van der Waals surface area contributed by atoms with Crippen LogP contribution in [0.1, 0.15) is 22.0 Å². The summed E-state index contributed by atoms with van der Waals surface area (Å²) in [6.45, 7) is 0. The van der Waals surface area contributed by atoms with Gasteiger partial charge in [-0.1, -0.05) is 36.4 Å². The number of aromatic nitrogens is 3. The number of hydrogen-bond donors (Lipinski definition) is 1. The van der Waals surface area contributed by atoms with Gasteiger partial charge >= 0.3 is 0 Å². The fourth-order valence-corrected chi connectivity index (χ4v) is 3.76. The van der Waals surface area contributed by atoms with E-state index in [1.165, 1.54) is 4.88 Å². The third-order valence-corrected chi connectivity index (χ3v) is 5.19. The van der Waals surface area contributed by atoms with Crippen molar-refractivity contribution in [2.24, 2.45) is 0 Å². The molecule has 0 amide bonds. The van der Waals surface area contributed by atoms with Crippen LogP contribution in [0.2, 0.25) is 0 Å². The van der Waals surface area contributed by atoms with Gasteiger partial charge < -0.3 is 4.42 Å². The van der Waals surface area contributed by atoms with Crippen LogP contribution in [0, 0.1) is 0 Å². The quantitative estimate of drug-likeness (QED) is 0.460. The number of H-pyrrole nitrogens is 1. The summed E-state index contributed by atoms with van der Waals surface area (Å²) >= 11 is 1.72. The molecule has 0 bridgehead atoms. The topological polar surface area (TPSA) is 54.7 Å². The van der Waals surface area contributed by atoms with Crippen molar-refractivity contribution >= 4 is 45.5 Å². The molecule has 2 aromatic carbocycles. The molecule has 0 spiro atoms. The molecule has 5 aromatic rings. The van der Waals surface area contributed by atoms with Gasteiger partial charge in [0.15, 0.2) is 5.58 Å². The molecule has 0 aliphatic heterocycles. The van der Waals surface area contributed by atoms with Crippen LogP contribution in [0.4, 0.5) is 0 Å². The van der Waals surface area contributed by atoms with E-state index in [-0.39, 0.29) is 0 Å². The van der Waals surface area contributed by atoms with Crippen LogP contribution in [0.25, 0.3) is 34.2 Å². The van der Waals surface area contributed by atoms with Gasteiger partial charge in [-0.2, -0.15) is 5.10 Å². The molecule has 0 radical (unpaired) electrons. The Morgan fingerprint density at radius 2 is 1.96 bits per heavy atom. The lowest BCUT2D eigenvalue weighted by Crippen LogP contribution is -1.82. The van der Waals surface area contributed by atoms with Gasteiger partial charge in [-0.05, 0) is 35.7 Å². The maximum absolute atomic E-state index is 6.05. The number of fused-ring (bicyclic) bond motifs is 2. The van der Waals surface area contributed by atoms with E-state index in [0.717, 1.165) is 45.6 Å². The maximum Gasteiger partial charge on any atom is 0.200 e. The lowest BCUT2D eigenvalue weighted by molar-refractivity contribution is 0.545. The SMILES string of the molecule is C(=Cc1cccc2nc(Cc3cccs3)oc12)c1n[nH]c2ccccc12. The van der Waals surface area contributed by atoms with Crippen LogP contribution in [0.3, 0.4) is 0 Å². The molecule has 0 aliphatic carbocycles. The molecule has 0 saturated carbocycles. The summed E-state index contributed by atoms with van der Waals surface area (Å²) in [5.41, 5.74) is 4.64. The Morgan fingerprint density at radius 3 is 2.88 bits per heavy atom. The summed E-state index contributed by atoms with van der Waals surface area (Å²) in [4.78, 5) is 5.87. The van der Waals surface area contributed by atoms with Crippen LogP contribution in [-0.4, -0.2) is 15.2 Å². The molecule has 0 atom stereocenters. The first kappa shape index (κ1) is 15.1. The van der Waals surface area contributed by atoms with Crippen molar-refractivity contribution in [3.05, 3.63) is 82.0 Å². The largest absolute Gasteiger partial charge is 0.440 e. The fourth-order valence-electron chi connectivity index (χ4n) is 3.07. The highest BCUT2D eigenvalue weighted by Crippen LogP contribution is 2.25. The summed E-state index contributed by atoms with van der Waals surface area (Å²) in [5.74, 6) is 0.744. The summed E-state index contributed by atoms with van der Waals surface area (Å²) in [6, 6.07) is 18.3. The number of thiophene rings is 1. The highest BCUT2D eigenvalue weighted by atomic mass is 32.1. The average molecular weight is 357 g/mol. The first-order chi connectivity index (χ1) is 12.9. The van der Waals surface area contributed by atoms with Crippen LogP contribution < -0.4 is 0 Å². The van der Waals surface area contributed by atoms with E-state index in [2.05, 4.69) is 32.7 Å². The second kappa shape index (κ2) is 6.28. The zero-order valence-corrected chi connectivity index (χ0v) is 14.7. The van der Waals surface area contributed by atoms with E-state index in [4.69, 9.17) is 4.42 Å². The smallest absolute Gasteiger partial charge is 0.200 e. The van der Waals surface area contributed by atoms with Crippen molar-refractivity contribution in [1.29, 1.82) is 0 Å². The molecular weight excluding hydrogens is 342 g/mol. The van der Waals surface area contributed by atoms with Crippen LogP contribution in [0.5, 0.6) is 0 Å². The summed E-state index contributed by atoms with van der Waals surface area (Å²) in [6.07, 6.45) is 4.76. The van der Waals surface area contributed by atoms with E-state index in [0.29, 0.717) is 0 Å². The second-order valence-electron chi connectivity index (χ2n) is 6.05. The normalized spacial score (nSPS) is 11.8. The number of hydrogen-bond acceptors (Lipinski definition) is 4. The van der Waals surface area contributed by atoms with Gasteiger partial charge in [0.25, 0.3) is 0 Å². The Balaban J connectivity index is 1.51. The molecule has 4 nitrogen and oxygen atoms in total. The Kier molecular flexibility index (Phi) is 3.65. The molecule has 0 saturated heterocycles. The molecule has 0 fully saturated rings. The lowest BCUT2D eigenvalue weighted by atomic mass is 10.1. The zero-order valence-electron chi connectivity index (χ0n) is 13.8. The third kappa shape index (κ3) is 2.72. The van der Waals surface area contributed by atoms with Crippen molar-refractivity contribution in [3.8, 4) is 0 Å². The van der Waals surface area contributed by atoms with Crippen LogP contribution in [-0.2, 0) is 6.42 Å². The van der Waals surface area contributed by atoms with Crippen molar-refractivity contribution in [3.63, 3.8) is 0 Å². The van der Waals surface area contributed by atoms with E-state index < -0.39 is 0 Å². The molecule has 0 aliphatic rings. The minimum absolute atomic E-state index is 0.722. The Morgan fingerprint density at radius 1 is 1.00 bits per heavy atom. The molecule has 126 valence electrons. The van der Waals surface area contributed by atoms with Gasteiger partial charge in [0.05, 0.1) is 17.6 Å². The molecule has 5 rings (SSSR count). The monoisotopic (exact) mass is 357 g/mol. The summed E-state index contributed by atoms with van der Waals surface area (Å²) in [7, 11) is 0. The van der Waals surface area contributed by atoms with Gasteiger partial charge in [-0.3, -0.25) is 5.10 Å². The van der Waals surface area contributed by atoms with E-state index in [1.807, 2.05) is 54.6 Å². The Hall–Kier alpha value is -3.18. The van der Waals surface area contributed by atoms with Crippen molar-refractivity contribution in [2.45, 2.75) is 6.42 Å². The van der Waals surface area contributed by atoms with Crippen molar-refractivity contribution < 1.29 is 4.42 Å². The first-order valence-corrected chi connectivity index (χ1v) is 9.27. The number of nitrogens with zero attached hydrogens (tertiary/aromatic N) is 2. The molecule has 1 N–H and O–H groups in total. The Bertz CT molecular complexity index is 1210. The number of rotatable bonds is 4. The highest BCUT2D eigenvalue weighted by molar-refractivity contribution is 7.09. The number of aromatic amines is 1. The van der Waals surface area contributed by atoms with Gasteiger partial charge in [0, 0.05) is 15.8 Å². The average Bonchev–Trinajstić information content (AvgIpc) is 3.39. The molecule has 0 unspecified atom stereocenters. The summed E-state index contributed by atoms with van der Waals surface area (Å²) < 4.78 is 6.05. The highest BCUT2D eigenvalue weighted by Gasteiger charge is 2.10. The minimum Gasteiger partial charge on any atom is -0.440 e.